The van der Waals surface area contributed by atoms with Gasteiger partial charge in [0.15, 0.2) is 5.96 Å². The van der Waals surface area contributed by atoms with E-state index in [1.165, 1.54) is 19.3 Å². The maximum atomic E-state index is 12.5. The summed E-state index contributed by atoms with van der Waals surface area (Å²) < 4.78 is 0. The second-order valence-corrected chi connectivity index (χ2v) is 7.65. The Morgan fingerprint density at radius 3 is 2.42 bits per heavy atom. The third-order valence-electron chi connectivity index (χ3n) is 5.35. The molecule has 0 radical (unpaired) electrons. The van der Waals surface area contributed by atoms with E-state index in [1.807, 2.05) is 9.80 Å². The summed E-state index contributed by atoms with van der Waals surface area (Å²) in [5, 5.41) is 3.53. The maximum Gasteiger partial charge on any atom is 0.243 e. The molecule has 3 fully saturated rings. The van der Waals surface area contributed by atoms with Crippen LogP contribution >= 0.6 is 24.0 Å². The van der Waals surface area contributed by atoms with Gasteiger partial charge in [0.05, 0.1) is 6.54 Å². The fourth-order valence-electron chi connectivity index (χ4n) is 3.59. The zero-order valence-corrected chi connectivity index (χ0v) is 18.3. The smallest absolute Gasteiger partial charge is 0.243 e. The van der Waals surface area contributed by atoms with Crippen molar-refractivity contribution in [2.45, 2.75) is 57.0 Å². The first-order valence-corrected chi connectivity index (χ1v) is 9.60. The minimum absolute atomic E-state index is 0. The molecule has 0 unspecified atom stereocenters. The fourth-order valence-corrected chi connectivity index (χ4v) is 3.59. The first-order valence-electron chi connectivity index (χ1n) is 9.60. The summed E-state index contributed by atoms with van der Waals surface area (Å²) in [6.07, 6.45) is 8.32. The molecule has 8 heteroatoms. The van der Waals surface area contributed by atoms with E-state index in [0.717, 1.165) is 44.7 Å². The molecule has 0 aromatic heterocycles. The lowest BCUT2D eigenvalue weighted by molar-refractivity contribution is -0.135. The van der Waals surface area contributed by atoms with Crippen LogP contribution in [0.15, 0.2) is 4.99 Å². The van der Waals surface area contributed by atoms with Gasteiger partial charge in [0.2, 0.25) is 11.8 Å². The number of likely N-dealkylation sites (N-methyl/N-ethyl adjacent to an activating group) is 1. The number of halogens is 1. The van der Waals surface area contributed by atoms with E-state index in [-0.39, 0.29) is 42.3 Å². The van der Waals surface area contributed by atoms with E-state index in [2.05, 4.69) is 10.3 Å². The van der Waals surface area contributed by atoms with Crippen LogP contribution in [-0.4, -0.2) is 84.8 Å². The van der Waals surface area contributed by atoms with Gasteiger partial charge in [-0.25, -0.2) is 4.99 Å². The van der Waals surface area contributed by atoms with E-state index in [9.17, 15) is 9.59 Å². The minimum atomic E-state index is -0.0223. The highest BCUT2D eigenvalue weighted by Gasteiger charge is 2.36. The van der Waals surface area contributed by atoms with Gasteiger partial charge >= 0.3 is 0 Å². The van der Waals surface area contributed by atoms with Gasteiger partial charge in [0, 0.05) is 39.3 Å². The zero-order chi connectivity index (χ0) is 17.8. The number of aliphatic imine (C=N–C) groups is 1. The number of carbonyl (C=O) groups excluding carboxylic acids is 2. The number of piperazine rings is 1. The molecule has 3 rings (SSSR count). The molecule has 0 bridgehead atoms. The quantitative estimate of drug-likeness (QED) is 0.377. The molecule has 0 spiro atoms. The SMILES string of the molecule is CN(C)C(=O)CN=C(NC1CCCCC1)N1CCN(C2CC2)C(=O)C1.I. The highest BCUT2D eigenvalue weighted by molar-refractivity contribution is 14.0. The van der Waals surface area contributed by atoms with Crippen molar-refractivity contribution in [2.75, 3.05) is 40.3 Å². The van der Waals surface area contributed by atoms with E-state index in [0.29, 0.717) is 18.6 Å². The Morgan fingerprint density at radius 1 is 1.15 bits per heavy atom. The van der Waals surface area contributed by atoms with Crippen LogP contribution in [0.25, 0.3) is 0 Å². The number of amides is 2. The molecule has 3 aliphatic rings. The first-order chi connectivity index (χ1) is 12.0. The van der Waals surface area contributed by atoms with Crippen molar-refractivity contribution in [2.24, 2.45) is 4.99 Å². The average molecular weight is 477 g/mol. The van der Waals surface area contributed by atoms with Gasteiger partial charge in [0.1, 0.15) is 6.54 Å². The minimum Gasteiger partial charge on any atom is -0.353 e. The number of carbonyl (C=O) groups is 2. The van der Waals surface area contributed by atoms with Crippen LogP contribution in [-0.2, 0) is 9.59 Å². The second kappa shape index (κ2) is 9.75. The Morgan fingerprint density at radius 2 is 1.85 bits per heavy atom. The molecule has 2 aliphatic carbocycles. The standard InChI is InChI=1S/C18H31N5O2.HI/c1-21(2)16(24)12-19-18(20-14-6-4-3-5-7-14)22-10-11-23(15-8-9-15)17(25)13-22;/h14-15H,3-13H2,1-2H3,(H,19,20);1H. The molecule has 26 heavy (non-hydrogen) atoms. The lowest BCUT2D eigenvalue weighted by Gasteiger charge is -2.37. The highest BCUT2D eigenvalue weighted by Crippen LogP contribution is 2.28. The summed E-state index contributed by atoms with van der Waals surface area (Å²) in [6, 6.07) is 0.871. The average Bonchev–Trinajstić information content (AvgIpc) is 3.44. The molecule has 1 aliphatic heterocycles. The van der Waals surface area contributed by atoms with Crippen LogP contribution in [0.4, 0.5) is 0 Å². The van der Waals surface area contributed by atoms with Crippen LogP contribution < -0.4 is 5.32 Å². The van der Waals surface area contributed by atoms with Gasteiger partial charge in [-0.2, -0.15) is 0 Å². The van der Waals surface area contributed by atoms with Crippen molar-refractivity contribution in [3.8, 4) is 0 Å². The molecule has 148 valence electrons. The van der Waals surface area contributed by atoms with Gasteiger partial charge in [-0.1, -0.05) is 19.3 Å². The number of hydrogen-bond acceptors (Lipinski definition) is 3. The molecule has 1 heterocycles. The highest BCUT2D eigenvalue weighted by atomic mass is 127. The van der Waals surface area contributed by atoms with Crippen molar-refractivity contribution >= 4 is 41.8 Å². The Balaban J connectivity index is 0.00000243. The third-order valence-corrected chi connectivity index (χ3v) is 5.35. The van der Waals surface area contributed by atoms with Crippen molar-refractivity contribution in [3.05, 3.63) is 0 Å². The summed E-state index contributed by atoms with van der Waals surface area (Å²) in [6.45, 7) is 2.04. The van der Waals surface area contributed by atoms with E-state index in [1.54, 1.807) is 19.0 Å². The van der Waals surface area contributed by atoms with Crippen molar-refractivity contribution in [1.29, 1.82) is 0 Å². The fraction of sp³-hybridized carbons (Fsp3) is 0.833. The number of rotatable bonds is 4. The summed E-state index contributed by atoms with van der Waals surface area (Å²) in [4.78, 5) is 34.5. The van der Waals surface area contributed by atoms with Crippen LogP contribution in [0.1, 0.15) is 44.9 Å². The lowest BCUT2D eigenvalue weighted by Crippen LogP contribution is -2.57. The molecule has 1 saturated heterocycles. The molecule has 2 amide bonds. The van der Waals surface area contributed by atoms with Gasteiger partial charge in [-0.3, -0.25) is 9.59 Å². The Labute approximate surface area is 173 Å². The first kappa shape index (κ1) is 21.2. The van der Waals surface area contributed by atoms with E-state index >= 15 is 0 Å². The topological polar surface area (TPSA) is 68.2 Å². The van der Waals surface area contributed by atoms with Crippen molar-refractivity contribution < 1.29 is 9.59 Å². The van der Waals surface area contributed by atoms with Crippen LogP contribution in [0, 0.1) is 0 Å². The van der Waals surface area contributed by atoms with Crippen molar-refractivity contribution in [1.82, 2.24) is 20.0 Å². The third kappa shape index (κ3) is 5.72. The van der Waals surface area contributed by atoms with Gasteiger partial charge in [-0.05, 0) is 25.7 Å². The Hall–Kier alpha value is -1.06. The number of hydrogen-bond donors (Lipinski definition) is 1. The van der Waals surface area contributed by atoms with Gasteiger partial charge in [0.25, 0.3) is 0 Å². The molecular weight excluding hydrogens is 445 g/mol. The predicted octanol–water partition coefficient (Wildman–Crippen LogP) is 1.28. The Bertz CT molecular complexity index is 530. The number of nitrogens with one attached hydrogen (secondary N) is 1. The summed E-state index contributed by atoms with van der Waals surface area (Å²) in [5.74, 6) is 0.891. The molecule has 0 aromatic rings. The summed E-state index contributed by atoms with van der Waals surface area (Å²) >= 11 is 0. The van der Waals surface area contributed by atoms with Gasteiger partial charge < -0.3 is 20.0 Å². The molecule has 0 aromatic carbocycles. The van der Waals surface area contributed by atoms with Crippen molar-refractivity contribution in [3.63, 3.8) is 0 Å². The second-order valence-electron chi connectivity index (χ2n) is 7.65. The van der Waals surface area contributed by atoms with Crippen LogP contribution in [0.2, 0.25) is 0 Å². The zero-order valence-electron chi connectivity index (χ0n) is 15.9. The molecule has 0 atom stereocenters. The van der Waals surface area contributed by atoms with Crippen LogP contribution in [0.3, 0.4) is 0 Å². The Kier molecular flexibility index (Phi) is 7.97. The largest absolute Gasteiger partial charge is 0.353 e. The normalized spacial score (nSPS) is 22.1. The number of guanidine groups is 1. The maximum absolute atomic E-state index is 12.5. The summed E-state index contributed by atoms with van der Waals surface area (Å²) in [7, 11) is 3.48. The number of nitrogens with zero attached hydrogens (tertiary/aromatic N) is 4. The molecular formula is C18H32IN5O2. The molecule has 2 saturated carbocycles. The monoisotopic (exact) mass is 477 g/mol. The van der Waals surface area contributed by atoms with Gasteiger partial charge in [-0.15, -0.1) is 24.0 Å². The molecule has 7 nitrogen and oxygen atoms in total. The van der Waals surface area contributed by atoms with E-state index < -0.39 is 0 Å². The van der Waals surface area contributed by atoms with Crippen LogP contribution in [0.5, 0.6) is 0 Å². The lowest BCUT2D eigenvalue weighted by atomic mass is 9.96. The summed E-state index contributed by atoms with van der Waals surface area (Å²) in [5.41, 5.74) is 0. The molecule has 1 N–H and O–H groups in total. The predicted molar refractivity (Wildman–Crippen MR) is 113 cm³/mol. The van der Waals surface area contributed by atoms with E-state index in [4.69, 9.17) is 0 Å².